The summed E-state index contributed by atoms with van der Waals surface area (Å²) in [5.41, 5.74) is -2.87. The molecule has 7 heteroatoms. The lowest BCUT2D eigenvalue weighted by Crippen LogP contribution is -2.01. The summed E-state index contributed by atoms with van der Waals surface area (Å²) in [5, 5.41) is 3.01. The van der Waals surface area contributed by atoms with Gasteiger partial charge < -0.3 is 5.32 Å². The third-order valence-corrected chi connectivity index (χ3v) is 3.96. The molecule has 0 spiro atoms. The molecule has 1 nitrogen and oxygen atoms in total. The molecule has 0 saturated carbocycles. The van der Waals surface area contributed by atoms with Gasteiger partial charge in [0.05, 0.1) is 4.47 Å². The van der Waals surface area contributed by atoms with Crippen molar-refractivity contribution in [2.75, 3.05) is 5.32 Å². The highest BCUT2D eigenvalue weighted by molar-refractivity contribution is 9.10. The van der Waals surface area contributed by atoms with Crippen molar-refractivity contribution < 1.29 is 17.6 Å². The van der Waals surface area contributed by atoms with Crippen LogP contribution < -0.4 is 5.32 Å². The molecule has 0 unspecified atom stereocenters. The van der Waals surface area contributed by atoms with E-state index in [-0.39, 0.29) is 22.5 Å². The number of nitrogens with one attached hydrogen (secondary N) is 1. The first-order valence-electron chi connectivity index (χ1n) is 5.87. The van der Waals surface area contributed by atoms with Gasteiger partial charge in [-0.3, -0.25) is 0 Å². The van der Waals surface area contributed by atoms with Crippen LogP contribution in [0.4, 0.5) is 23.2 Å². The Balaban J connectivity index is 1.96. The Morgan fingerprint density at radius 2 is 1.71 bits per heavy atom. The quantitative estimate of drug-likeness (QED) is 0.531. The smallest absolute Gasteiger partial charge is 0.381 e. The van der Waals surface area contributed by atoms with Crippen LogP contribution in [0.15, 0.2) is 51.8 Å². The predicted octanol–water partition coefficient (Wildman–Crippen LogP) is 5.81. The number of hydrogen-bond donors (Lipinski definition) is 1. The predicted molar refractivity (Wildman–Crippen MR) is 79.8 cm³/mol. The van der Waals surface area contributed by atoms with Crippen molar-refractivity contribution in [2.45, 2.75) is 16.9 Å². The highest BCUT2D eigenvalue weighted by Gasteiger charge is 2.28. The number of benzene rings is 2. The summed E-state index contributed by atoms with van der Waals surface area (Å²) in [6, 6.07) is 10.7. The van der Waals surface area contributed by atoms with Crippen molar-refractivity contribution in [3.8, 4) is 0 Å². The van der Waals surface area contributed by atoms with E-state index in [4.69, 9.17) is 0 Å². The number of halogens is 5. The van der Waals surface area contributed by atoms with Crippen LogP contribution in [0, 0.1) is 5.82 Å². The highest BCUT2D eigenvalue weighted by atomic mass is 79.9. The average molecular weight is 380 g/mol. The van der Waals surface area contributed by atoms with E-state index in [9.17, 15) is 17.6 Å². The minimum Gasteiger partial charge on any atom is -0.381 e. The molecule has 0 bridgehead atoms. The van der Waals surface area contributed by atoms with E-state index >= 15 is 0 Å². The first kappa shape index (κ1) is 16.2. The number of alkyl halides is 3. The molecule has 112 valence electrons. The van der Waals surface area contributed by atoms with Gasteiger partial charge in [-0.25, -0.2) is 4.39 Å². The molecule has 0 aliphatic heterocycles. The van der Waals surface area contributed by atoms with Crippen LogP contribution in [-0.2, 0) is 6.54 Å². The van der Waals surface area contributed by atoms with E-state index < -0.39 is 5.51 Å². The lowest BCUT2D eigenvalue weighted by molar-refractivity contribution is -0.0328. The molecule has 0 aliphatic carbocycles. The zero-order valence-electron chi connectivity index (χ0n) is 10.5. The van der Waals surface area contributed by atoms with Gasteiger partial charge in [0.1, 0.15) is 5.82 Å². The molecule has 0 heterocycles. The maximum atomic E-state index is 13.3. The van der Waals surface area contributed by atoms with Crippen molar-refractivity contribution in [1.29, 1.82) is 0 Å². The minimum atomic E-state index is -4.28. The summed E-state index contributed by atoms with van der Waals surface area (Å²) in [4.78, 5) is 0.140. The van der Waals surface area contributed by atoms with Gasteiger partial charge in [-0.15, -0.1) is 0 Å². The van der Waals surface area contributed by atoms with Crippen molar-refractivity contribution in [1.82, 2.24) is 0 Å². The summed E-state index contributed by atoms with van der Waals surface area (Å²) >= 11 is 2.91. The number of anilines is 1. The molecule has 1 N–H and O–H groups in total. The molecular formula is C14H10BrF4NS. The van der Waals surface area contributed by atoms with Crippen LogP contribution in [0.3, 0.4) is 0 Å². The fourth-order valence-electron chi connectivity index (χ4n) is 1.62. The van der Waals surface area contributed by atoms with Crippen molar-refractivity contribution in [3.05, 3.63) is 58.3 Å². The zero-order chi connectivity index (χ0) is 15.5. The van der Waals surface area contributed by atoms with E-state index in [1.807, 2.05) is 0 Å². The Morgan fingerprint density at radius 3 is 2.29 bits per heavy atom. The molecule has 2 aromatic rings. The molecule has 2 aromatic carbocycles. The van der Waals surface area contributed by atoms with Crippen molar-refractivity contribution in [2.24, 2.45) is 0 Å². The highest BCUT2D eigenvalue weighted by Crippen LogP contribution is 2.36. The van der Waals surface area contributed by atoms with Gasteiger partial charge >= 0.3 is 5.51 Å². The summed E-state index contributed by atoms with van der Waals surface area (Å²) in [6.45, 7) is 0.401. The van der Waals surface area contributed by atoms with Crippen LogP contribution in [-0.4, -0.2) is 5.51 Å². The van der Waals surface area contributed by atoms with Gasteiger partial charge in [0.25, 0.3) is 0 Å². The standard InChI is InChI=1S/C14H10BrF4NS/c15-12-6-3-10(7-13(12)16)20-8-9-1-4-11(5-2-9)21-14(17,18)19/h1-7,20H,8H2. The molecule has 0 saturated heterocycles. The van der Waals surface area contributed by atoms with Gasteiger partial charge in [-0.05, 0) is 63.6 Å². The summed E-state index contributed by atoms with van der Waals surface area (Å²) in [6.07, 6.45) is 0. The second-order valence-electron chi connectivity index (χ2n) is 4.17. The fraction of sp³-hybridized carbons (Fsp3) is 0.143. The lowest BCUT2D eigenvalue weighted by Gasteiger charge is -2.09. The minimum absolute atomic E-state index is 0.140. The van der Waals surface area contributed by atoms with Crippen LogP contribution >= 0.6 is 27.7 Å². The summed E-state index contributed by atoms with van der Waals surface area (Å²) in [7, 11) is 0. The Hall–Kier alpha value is -1.21. The molecule has 0 amide bonds. The van der Waals surface area contributed by atoms with Crippen LogP contribution in [0.5, 0.6) is 0 Å². The molecule has 0 aliphatic rings. The maximum Gasteiger partial charge on any atom is 0.446 e. The van der Waals surface area contributed by atoms with E-state index in [2.05, 4.69) is 21.2 Å². The first-order chi connectivity index (χ1) is 9.83. The molecule has 0 fully saturated rings. The van der Waals surface area contributed by atoms with Crippen molar-refractivity contribution >= 4 is 33.4 Å². The molecule has 0 radical (unpaired) electrons. The zero-order valence-corrected chi connectivity index (χ0v) is 12.9. The third kappa shape index (κ3) is 5.24. The third-order valence-electron chi connectivity index (χ3n) is 2.57. The number of rotatable bonds is 4. The van der Waals surface area contributed by atoms with Crippen molar-refractivity contribution in [3.63, 3.8) is 0 Å². The number of thioether (sulfide) groups is 1. The first-order valence-corrected chi connectivity index (χ1v) is 7.48. The normalized spacial score (nSPS) is 11.5. The SMILES string of the molecule is Fc1cc(NCc2ccc(SC(F)(F)F)cc2)ccc1Br. The molecule has 21 heavy (non-hydrogen) atoms. The lowest BCUT2D eigenvalue weighted by atomic mass is 10.2. The average Bonchev–Trinajstić information content (AvgIpc) is 2.40. The second kappa shape index (κ2) is 6.70. The Bertz CT molecular complexity index is 613. The second-order valence-corrected chi connectivity index (χ2v) is 6.17. The van der Waals surface area contributed by atoms with Crippen LogP contribution in [0.1, 0.15) is 5.56 Å². The maximum absolute atomic E-state index is 13.3. The fourth-order valence-corrected chi connectivity index (χ4v) is 2.41. The Labute approximate surface area is 131 Å². The monoisotopic (exact) mass is 379 g/mol. The molecular weight excluding hydrogens is 370 g/mol. The summed E-state index contributed by atoms with van der Waals surface area (Å²) in [5.74, 6) is -0.378. The van der Waals surface area contributed by atoms with Gasteiger partial charge in [-0.2, -0.15) is 13.2 Å². The van der Waals surface area contributed by atoms with E-state index in [1.54, 1.807) is 24.3 Å². The molecule has 0 aromatic heterocycles. The largest absolute Gasteiger partial charge is 0.446 e. The van der Waals surface area contributed by atoms with Gasteiger partial charge in [-0.1, -0.05) is 12.1 Å². The van der Waals surface area contributed by atoms with E-state index in [1.165, 1.54) is 18.2 Å². The van der Waals surface area contributed by atoms with Crippen LogP contribution in [0.25, 0.3) is 0 Å². The van der Waals surface area contributed by atoms with Gasteiger partial charge in [0.2, 0.25) is 0 Å². The van der Waals surface area contributed by atoms with E-state index in [0.29, 0.717) is 16.7 Å². The Kier molecular flexibility index (Phi) is 5.16. The van der Waals surface area contributed by atoms with E-state index in [0.717, 1.165) is 5.56 Å². The molecule has 2 rings (SSSR count). The van der Waals surface area contributed by atoms with Gasteiger partial charge in [0.15, 0.2) is 0 Å². The van der Waals surface area contributed by atoms with Gasteiger partial charge in [0, 0.05) is 17.1 Å². The number of hydrogen-bond acceptors (Lipinski definition) is 2. The summed E-state index contributed by atoms with van der Waals surface area (Å²) < 4.78 is 50.3. The Morgan fingerprint density at radius 1 is 1.05 bits per heavy atom. The molecule has 0 atom stereocenters. The van der Waals surface area contributed by atoms with Crippen LogP contribution in [0.2, 0.25) is 0 Å². The topological polar surface area (TPSA) is 12.0 Å².